The van der Waals surface area contributed by atoms with Crippen LogP contribution in [-0.2, 0) is 4.74 Å². The topological polar surface area (TPSA) is 24.5 Å². The zero-order chi connectivity index (χ0) is 11.9. The Labute approximate surface area is 95.2 Å². The Hall–Kier alpha value is -0.120. The maximum atomic E-state index is 5.39. The molecule has 0 aliphatic rings. The highest BCUT2D eigenvalue weighted by Crippen LogP contribution is 2.08. The molecule has 3 heteroatoms. The van der Waals surface area contributed by atoms with Crippen molar-refractivity contribution in [2.24, 2.45) is 5.92 Å². The lowest BCUT2D eigenvalue weighted by molar-refractivity contribution is -0.00167. The Morgan fingerprint density at radius 2 is 1.93 bits per heavy atom. The molecule has 0 saturated heterocycles. The summed E-state index contributed by atoms with van der Waals surface area (Å²) in [7, 11) is 3.91. The fourth-order valence-electron chi connectivity index (χ4n) is 1.45. The molecule has 0 aliphatic carbocycles. The molecule has 0 bridgehead atoms. The average molecular weight is 216 g/mol. The van der Waals surface area contributed by atoms with Crippen molar-refractivity contribution in [3.63, 3.8) is 0 Å². The van der Waals surface area contributed by atoms with E-state index in [0.717, 1.165) is 32.1 Å². The molecule has 0 saturated carbocycles. The third kappa shape index (κ3) is 8.85. The first-order valence-electron chi connectivity index (χ1n) is 5.82. The summed E-state index contributed by atoms with van der Waals surface area (Å²) in [5, 5.41) is 3.44. The van der Waals surface area contributed by atoms with Crippen LogP contribution in [0.1, 0.15) is 27.7 Å². The number of hydrogen-bond acceptors (Lipinski definition) is 3. The number of nitrogens with zero attached hydrogens (tertiary/aromatic N) is 1. The van der Waals surface area contributed by atoms with Crippen molar-refractivity contribution >= 4 is 0 Å². The van der Waals surface area contributed by atoms with Gasteiger partial charge in [0, 0.05) is 26.7 Å². The number of ether oxygens (including phenoxy) is 1. The molecule has 0 amide bonds. The standard InChI is InChI=1S/C12H28N2O/c1-11(2)9-13-7-8-14(5)10-12(3,4)15-6/h11,13H,7-10H2,1-6H3. The lowest BCUT2D eigenvalue weighted by atomic mass is 10.1. The van der Waals surface area contributed by atoms with Crippen LogP contribution in [0.3, 0.4) is 0 Å². The Morgan fingerprint density at radius 3 is 2.40 bits per heavy atom. The minimum atomic E-state index is -0.0488. The van der Waals surface area contributed by atoms with Crippen molar-refractivity contribution in [1.29, 1.82) is 0 Å². The highest BCUT2D eigenvalue weighted by atomic mass is 16.5. The lowest BCUT2D eigenvalue weighted by Crippen LogP contribution is -2.41. The van der Waals surface area contributed by atoms with Crippen LogP contribution in [0.15, 0.2) is 0 Å². The van der Waals surface area contributed by atoms with Crippen molar-refractivity contribution in [2.75, 3.05) is 40.3 Å². The zero-order valence-corrected chi connectivity index (χ0v) is 11.3. The maximum Gasteiger partial charge on any atom is 0.0748 e. The van der Waals surface area contributed by atoms with Gasteiger partial charge in [-0.15, -0.1) is 0 Å². The number of likely N-dealkylation sites (N-methyl/N-ethyl adjacent to an activating group) is 1. The number of hydrogen-bond donors (Lipinski definition) is 1. The highest BCUT2D eigenvalue weighted by molar-refractivity contribution is 4.72. The SMILES string of the molecule is COC(C)(C)CN(C)CCNCC(C)C. The molecule has 0 rings (SSSR count). The molecule has 92 valence electrons. The Morgan fingerprint density at radius 1 is 1.33 bits per heavy atom. The molecule has 0 aromatic rings. The third-order valence-corrected chi connectivity index (χ3v) is 2.43. The second-order valence-corrected chi connectivity index (χ2v) is 5.30. The van der Waals surface area contributed by atoms with Gasteiger partial charge >= 0.3 is 0 Å². The fourth-order valence-corrected chi connectivity index (χ4v) is 1.45. The molecular weight excluding hydrogens is 188 g/mol. The van der Waals surface area contributed by atoms with Gasteiger partial charge in [0.1, 0.15) is 0 Å². The minimum absolute atomic E-state index is 0.0488. The zero-order valence-electron chi connectivity index (χ0n) is 11.3. The largest absolute Gasteiger partial charge is 0.377 e. The van der Waals surface area contributed by atoms with Crippen LogP contribution in [0, 0.1) is 5.92 Å². The first-order chi connectivity index (χ1) is 6.87. The van der Waals surface area contributed by atoms with E-state index >= 15 is 0 Å². The monoisotopic (exact) mass is 216 g/mol. The van der Waals surface area contributed by atoms with Crippen molar-refractivity contribution in [1.82, 2.24) is 10.2 Å². The molecule has 1 N–H and O–H groups in total. The van der Waals surface area contributed by atoms with Crippen molar-refractivity contribution in [2.45, 2.75) is 33.3 Å². The normalized spacial score (nSPS) is 12.8. The van der Waals surface area contributed by atoms with E-state index in [-0.39, 0.29) is 5.60 Å². The minimum Gasteiger partial charge on any atom is -0.377 e. The quantitative estimate of drug-likeness (QED) is 0.624. The van der Waals surface area contributed by atoms with Crippen molar-refractivity contribution in [3.05, 3.63) is 0 Å². The summed E-state index contributed by atoms with van der Waals surface area (Å²) >= 11 is 0. The molecule has 0 aromatic heterocycles. The second kappa shape index (κ2) is 7.20. The Kier molecular flexibility index (Phi) is 7.14. The van der Waals surface area contributed by atoms with Gasteiger partial charge in [-0.2, -0.15) is 0 Å². The van der Waals surface area contributed by atoms with Crippen LogP contribution >= 0.6 is 0 Å². The smallest absolute Gasteiger partial charge is 0.0748 e. The number of nitrogens with one attached hydrogen (secondary N) is 1. The van der Waals surface area contributed by atoms with E-state index in [1.54, 1.807) is 7.11 Å². The van der Waals surface area contributed by atoms with E-state index in [4.69, 9.17) is 4.74 Å². The summed E-state index contributed by atoms with van der Waals surface area (Å²) in [5.74, 6) is 0.728. The number of rotatable bonds is 8. The van der Waals surface area contributed by atoms with E-state index in [2.05, 4.69) is 45.0 Å². The van der Waals surface area contributed by atoms with Gasteiger partial charge in [0.25, 0.3) is 0 Å². The van der Waals surface area contributed by atoms with Gasteiger partial charge < -0.3 is 15.0 Å². The maximum absolute atomic E-state index is 5.39. The summed E-state index contributed by atoms with van der Waals surface area (Å²) in [6.07, 6.45) is 0. The van der Waals surface area contributed by atoms with Gasteiger partial charge in [-0.05, 0) is 33.4 Å². The van der Waals surface area contributed by atoms with Gasteiger partial charge in [0.15, 0.2) is 0 Å². The van der Waals surface area contributed by atoms with Crippen LogP contribution < -0.4 is 5.32 Å². The molecule has 0 unspecified atom stereocenters. The van der Waals surface area contributed by atoms with Gasteiger partial charge in [-0.1, -0.05) is 13.8 Å². The lowest BCUT2D eigenvalue weighted by Gasteiger charge is -2.29. The van der Waals surface area contributed by atoms with Crippen LogP contribution in [0.4, 0.5) is 0 Å². The third-order valence-electron chi connectivity index (χ3n) is 2.43. The van der Waals surface area contributed by atoms with Gasteiger partial charge in [-0.25, -0.2) is 0 Å². The van der Waals surface area contributed by atoms with Gasteiger partial charge in [0.05, 0.1) is 5.60 Å². The first-order valence-corrected chi connectivity index (χ1v) is 5.82. The summed E-state index contributed by atoms with van der Waals surface area (Å²) in [6.45, 7) is 12.9. The number of methoxy groups -OCH3 is 1. The molecular formula is C12H28N2O. The van der Waals surface area contributed by atoms with E-state index in [0.29, 0.717) is 0 Å². The van der Waals surface area contributed by atoms with Gasteiger partial charge in [-0.3, -0.25) is 0 Å². The molecule has 0 aliphatic heterocycles. The molecule has 15 heavy (non-hydrogen) atoms. The Bertz CT molecular complexity index is 158. The van der Waals surface area contributed by atoms with Crippen molar-refractivity contribution < 1.29 is 4.74 Å². The van der Waals surface area contributed by atoms with Crippen LogP contribution in [-0.4, -0.2) is 50.8 Å². The highest BCUT2D eigenvalue weighted by Gasteiger charge is 2.18. The van der Waals surface area contributed by atoms with E-state index < -0.39 is 0 Å². The molecule has 0 fully saturated rings. The fraction of sp³-hybridized carbons (Fsp3) is 1.00. The predicted molar refractivity (Wildman–Crippen MR) is 66.3 cm³/mol. The van der Waals surface area contributed by atoms with Crippen LogP contribution in [0.5, 0.6) is 0 Å². The molecule has 0 aromatic carbocycles. The van der Waals surface area contributed by atoms with Crippen molar-refractivity contribution in [3.8, 4) is 0 Å². The summed E-state index contributed by atoms with van der Waals surface area (Å²) in [6, 6.07) is 0. The molecule has 0 atom stereocenters. The van der Waals surface area contributed by atoms with Crippen LogP contribution in [0.2, 0.25) is 0 Å². The molecule has 3 nitrogen and oxygen atoms in total. The van der Waals surface area contributed by atoms with E-state index in [9.17, 15) is 0 Å². The molecule has 0 heterocycles. The molecule has 0 radical (unpaired) electrons. The second-order valence-electron chi connectivity index (χ2n) is 5.30. The van der Waals surface area contributed by atoms with Crippen LogP contribution in [0.25, 0.3) is 0 Å². The summed E-state index contributed by atoms with van der Waals surface area (Å²) < 4.78 is 5.39. The summed E-state index contributed by atoms with van der Waals surface area (Å²) in [4.78, 5) is 2.30. The van der Waals surface area contributed by atoms with E-state index in [1.807, 2.05) is 0 Å². The Balaban J connectivity index is 3.53. The first kappa shape index (κ1) is 14.9. The average Bonchev–Trinajstić information content (AvgIpc) is 2.11. The summed E-state index contributed by atoms with van der Waals surface area (Å²) in [5.41, 5.74) is -0.0488. The molecule has 0 spiro atoms. The van der Waals surface area contributed by atoms with E-state index in [1.165, 1.54) is 0 Å². The predicted octanol–water partition coefficient (Wildman–Crippen LogP) is 1.59. The van der Waals surface area contributed by atoms with Gasteiger partial charge in [0.2, 0.25) is 0 Å².